The molecule has 1 aromatic rings. The smallest absolute Gasteiger partial charge is 0.231 e. The molecule has 0 saturated heterocycles. The van der Waals surface area contributed by atoms with Gasteiger partial charge in [0.1, 0.15) is 0 Å². The van der Waals surface area contributed by atoms with Crippen molar-refractivity contribution in [3.63, 3.8) is 0 Å². The number of aliphatic hydroxyl groups excluding tert-OH is 1. The van der Waals surface area contributed by atoms with E-state index in [1.807, 2.05) is 6.07 Å². The van der Waals surface area contributed by atoms with Crippen molar-refractivity contribution < 1.29 is 14.6 Å². The van der Waals surface area contributed by atoms with Gasteiger partial charge in [0.15, 0.2) is 11.5 Å². The number of hydrogen-bond acceptors (Lipinski definition) is 4. The highest BCUT2D eigenvalue weighted by molar-refractivity contribution is 5.44. The molecule has 104 valence electrons. The van der Waals surface area contributed by atoms with Crippen molar-refractivity contribution in [2.45, 2.75) is 26.2 Å². The van der Waals surface area contributed by atoms with Gasteiger partial charge in [0.25, 0.3) is 0 Å². The van der Waals surface area contributed by atoms with Crippen molar-refractivity contribution in [2.24, 2.45) is 16.6 Å². The molecule has 1 saturated carbocycles. The maximum Gasteiger partial charge on any atom is 0.231 e. The zero-order valence-corrected chi connectivity index (χ0v) is 11.3. The molecule has 0 aromatic heterocycles. The summed E-state index contributed by atoms with van der Waals surface area (Å²) in [5, 5.41) is 9.50. The van der Waals surface area contributed by atoms with Crippen LogP contribution in [0.2, 0.25) is 0 Å². The van der Waals surface area contributed by atoms with E-state index in [9.17, 15) is 5.11 Å². The summed E-state index contributed by atoms with van der Waals surface area (Å²) in [5.41, 5.74) is 7.17. The number of nitrogens with two attached hydrogens (primary N) is 1. The normalized spacial score (nSPS) is 31.5. The fourth-order valence-electron chi connectivity index (χ4n) is 3.20. The molecule has 3 N–H and O–H groups in total. The number of hydrogen-bond donors (Lipinski definition) is 2. The minimum atomic E-state index is -0.0522. The van der Waals surface area contributed by atoms with Crippen molar-refractivity contribution in [1.29, 1.82) is 0 Å². The predicted molar refractivity (Wildman–Crippen MR) is 72.2 cm³/mol. The highest BCUT2D eigenvalue weighted by atomic mass is 16.7. The van der Waals surface area contributed by atoms with Gasteiger partial charge in [-0.15, -0.1) is 0 Å². The van der Waals surface area contributed by atoms with E-state index in [4.69, 9.17) is 15.2 Å². The molecular formula is C15H21NO3. The van der Waals surface area contributed by atoms with E-state index in [0.717, 1.165) is 30.8 Å². The zero-order chi connectivity index (χ0) is 13.5. The van der Waals surface area contributed by atoms with Crippen molar-refractivity contribution >= 4 is 0 Å². The van der Waals surface area contributed by atoms with Gasteiger partial charge in [0.2, 0.25) is 6.79 Å². The lowest BCUT2D eigenvalue weighted by atomic mass is 9.89. The van der Waals surface area contributed by atoms with E-state index >= 15 is 0 Å². The fourth-order valence-corrected chi connectivity index (χ4v) is 3.20. The van der Waals surface area contributed by atoms with Crippen LogP contribution in [-0.4, -0.2) is 25.1 Å². The molecule has 2 aliphatic rings. The molecule has 4 nitrogen and oxygen atoms in total. The molecule has 4 heteroatoms. The van der Waals surface area contributed by atoms with E-state index < -0.39 is 0 Å². The third kappa shape index (κ3) is 1.99. The monoisotopic (exact) mass is 263 g/mol. The second kappa shape index (κ2) is 4.39. The van der Waals surface area contributed by atoms with Crippen molar-refractivity contribution in [3.8, 4) is 11.5 Å². The number of rotatable bonds is 5. The number of aliphatic hydroxyl groups is 1. The molecule has 2 unspecified atom stereocenters. The Balaban J connectivity index is 1.64. The van der Waals surface area contributed by atoms with E-state index in [1.54, 1.807) is 0 Å². The second-order valence-corrected chi connectivity index (χ2v) is 6.07. The third-order valence-electron chi connectivity index (χ3n) is 4.98. The average molecular weight is 263 g/mol. The Morgan fingerprint density at radius 3 is 2.79 bits per heavy atom. The summed E-state index contributed by atoms with van der Waals surface area (Å²) in [6.07, 6.45) is 3.05. The fraction of sp³-hybridized carbons (Fsp3) is 0.600. The van der Waals surface area contributed by atoms with Crippen LogP contribution >= 0.6 is 0 Å². The molecular weight excluding hydrogens is 242 g/mol. The number of aryl methyl sites for hydroxylation is 1. The van der Waals surface area contributed by atoms with Gasteiger partial charge in [0.05, 0.1) is 6.61 Å². The van der Waals surface area contributed by atoms with E-state index in [-0.39, 0.29) is 17.4 Å². The molecule has 0 spiro atoms. The lowest BCUT2D eigenvalue weighted by Crippen LogP contribution is -2.26. The largest absolute Gasteiger partial charge is 0.454 e. The Bertz CT molecular complexity index is 484. The molecule has 19 heavy (non-hydrogen) atoms. The predicted octanol–water partition coefficient (Wildman–Crippen LogP) is 1.70. The van der Waals surface area contributed by atoms with Crippen LogP contribution in [0.4, 0.5) is 0 Å². The van der Waals surface area contributed by atoms with Gasteiger partial charge in [-0.2, -0.15) is 0 Å². The van der Waals surface area contributed by atoms with Crippen molar-refractivity contribution in [3.05, 3.63) is 23.8 Å². The van der Waals surface area contributed by atoms with Gasteiger partial charge in [0, 0.05) is 12.0 Å². The molecule has 1 fully saturated rings. The Morgan fingerprint density at radius 1 is 1.32 bits per heavy atom. The maximum absolute atomic E-state index is 9.50. The maximum atomic E-state index is 9.50. The van der Waals surface area contributed by atoms with Gasteiger partial charge in [-0.05, 0) is 42.4 Å². The number of fused-ring (bicyclic) bond motifs is 1. The van der Waals surface area contributed by atoms with Gasteiger partial charge >= 0.3 is 0 Å². The molecule has 1 aliphatic heterocycles. The standard InChI is InChI=1S/C15H21NO3/c1-14(7-15(14,8-16)9-17)5-4-11-2-3-12-13(6-11)19-10-18-12/h2-3,6,17H,4-5,7-10,16H2,1H3. The summed E-state index contributed by atoms with van der Waals surface area (Å²) in [6, 6.07) is 6.11. The first kappa shape index (κ1) is 12.8. The minimum absolute atomic E-state index is 0.0522. The molecule has 1 aliphatic carbocycles. The van der Waals surface area contributed by atoms with Gasteiger partial charge in [-0.1, -0.05) is 13.0 Å². The number of ether oxygens (including phenoxy) is 2. The Hall–Kier alpha value is -1.26. The lowest BCUT2D eigenvalue weighted by Gasteiger charge is -2.19. The Kier molecular flexibility index (Phi) is 2.95. The van der Waals surface area contributed by atoms with Crippen molar-refractivity contribution in [1.82, 2.24) is 0 Å². The highest BCUT2D eigenvalue weighted by Crippen LogP contribution is 2.65. The summed E-state index contributed by atoms with van der Waals surface area (Å²) in [7, 11) is 0. The summed E-state index contributed by atoms with van der Waals surface area (Å²) in [6.45, 7) is 3.31. The lowest BCUT2D eigenvalue weighted by molar-refractivity contribution is 0.173. The molecule has 1 aromatic carbocycles. The molecule has 3 rings (SSSR count). The average Bonchev–Trinajstić information content (AvgIpc) is 2.80. The Morgan fingerprint density at radius 2 is 2.11 bits per heavy atom. The molecule has 0 radical (unpaired) electrons. The first-order chi connectivity index (χ1) is 9.12. The van der Waals surface area contributed by atoms with Crippen LogP contribution in [-0.2, 0) is 6.42 Å². The number of benzene rings is 1. The van der Waals surface area contributed by atoms with Gasteiger partial charge in [-0.25, -0.2) is 0 Å². The van der Waals surface area contributed by atoms with Gasteiger partial charge < -0.3 is 20.3 Å². The first-order valence-electron chi connectivity index (χ1n) is 6.82. The molecule has 1 heterocycles. The summed E-state index contributed by atoms with van der Waals surface area (Å²) < 4.78 is 10.7. The third-order valence-corrected chi connectivity index (χ3v) is 4.98. The van der Waals surface area contributed by atoms with Crippen LogP contribution in [0.15, 0.2) is 18.2 Å². The quantitative estimate of drug-likeness (QED) is 0.848. The topological polar surface area (TPSA) is 64.7 Å². The van der Waals surface area contributed by atoms with Crippen LogP contribution in [0.3, 0.4) is 0 Å². The second-order valence-electron chi connectivity index (χ2n) is 6.07. The van der Waals surface area contributed by atoms with E-state index in [2.05, 4.69) is 19.1 Å². The van der Waals surface area contributed by atoms with E-state index in [0.29, 0.717) is 13.3 Å². The molecule has 0 bridgehead atoms. The zero-order valence-electron chi connectivity index (χ0n) is 11.3. The van der Waals surface area contributed by atoms with Crippen molar-refractivity contribution in [2.75, 3.05) is 19.9 Å². The summed E-state index contributed by atoms with van der Waals surface area (Å²) in [4.78, 5) is 0. The van der Waals surface area contributed by atoms with Crippen LogP contribution in [0.1, 0.15) is 25.3 Å². The minimum Gasteiger partial charge on any atom is -0.454 e. The molecule has 0 amide bonds. The first-order valence-corrected chi connectivity index (χ1v) is 6.82. The highest BCUT2D eigenvalue weighted by Gasteiger charge is 2.62. The van der Waals surface area contributed by atoms with Gasteiger partial charge in [-0.3, -0.25) is 0 Å². The van der Waals surface area contributed by atoms with Crippen LogP contribution in [0, 0.1) is 10.8 Å². The Labute approximate surface area is 113 Å². The van der Waals surface area contributed by atoms with E-state index in [1.165, 1.54) is 5.56 Å². The molecule has 2 atom stereocenters. The summed E-state index contributed by atoms with van der Waals surface area (Å²) >= 11 is 0. The summed E-state index contributed by atoms with van der Waals surface area (Å²) in [5.74, 6) is 1.67. The van der Waals surface area contributed by atoms with Crippen LogP contribution in [0.25, 0.3) is 0 Å². The SMILES string of the molecule is CC1(CCc2ccc3c(c2)OCO3)CC1(CN)CO. The van der Waals surface area contributed by atoms with Crippen LogP contribution in [0.5, 0.6) is 11.5 Å². The van der Waals surface area contributed by atoms with Crippen LogP contribution < -0.4 is 15.2 Å².